The first-order chi connectivity index (χ1) is 12.6. The van der Waals surface area contributed by atoms with E-state index in [9.17, 15) is 4.79 Å². The lowest BCUT2D eigenvalue weighted by atomic mass is 9.87. The molecule has 1 aliphatic carbocycles. The molecule has 136 valence electrons. The second kappa shape index (κ2) is 6.64. The Bertz CT molecular complexity index is 812. The Labute approximate surface area is 156 Å². The minimum atomic E-state index is -0.456. The van der Waals surface area contributed by atoms with Gasteiger partial charge in [-0.1, -0.05) is 18.0 Å². The molecular weight excluding hydrogens is 354 g/mol. The minimum Gasteiger partial charge on any atom is -0.502 e. The van der Waals surface area contributed by atoms with Crippen molar-refractivity contribution in [1.82, 2.24) is 20.2 Å². The molecule has 1 saturated carbocycles. The maximum absolute atomic E-state index is 12.7. The van der Waals surface area contributed by atoms with Crippen LogP contribution in [0, 0.1) is 0 Å². The molecule has 26 heavy (non-hydrogen) atoms. The van der Waals surface area contributed by atoms with E-state index in [4.69, 9.17) is 16.3 Å². The van der Waals surface area contributed by atoms with Crippen LogP contribution in [0.1, 0.15) is 32.1 Å². The van der Waals surface area contributed by atoms with Crippen molar-refractivity contribution < 1.29 is 9.53 Å². The molecule has 3 heterocycles. The van der Waals surface area contributed by atoms with Gasteiger partial charge in [-0.05, 0) is 37.8 Å². The predicted molar refractivity (Wildman–Crippen MR) is 97.5 cm³/mol. The molecule has 0 radical (unpaired) electrons. The topological polar surface area (TPSA) is 79.4 Å². The first-order valence-electron chi connectivity index (χ1n) is 8.65. The molecule has 0 bridgehead atoms. The SMILES string of the molecule is CO/C=C1\C(Nc2ccncn2)=CC(Cl)=C2C(=O)NC3(CCCCC3)N21. The van der Waals surface area contributed by atoms with E-state index >= 15 is 0 Å². The third-order valence-corrected chi connectivity index (χ3v) is 5.27. The molecule has 1 amide bonds. The Hall–Kier alpha value is -2.54. The van der Waals surface area contributed by atoms with Crippen molar-refractivity contribution in [2.75, 3.05) is 12.4 Å². The standard InChI is InChI=1S/C18H20ClN5O2/c1-26-10-14-13(22-15-5-8-20-11-21-15)9-12(19)16-17(25)23-18(24(14)16)6-3-2-4-7-18/h5,8-11H,2-4,6-7H2,1H3,(H,23,25)(H,20,21,22)/b14-10+. The van der Waals surface area contributed by atoms with Gasteiger partial charge in [0.15, 0.2) is 0 Å². The molecular formula is C18H20ClN5O2. The molecule has 2 fully saturated rings. The van der Waals surface area contributed by atoms with Crippen molar-refractivity contribution in [1.29, 1.82) is 0 Å². The van der Waals surface area contributed by atoms with E-state index in [1.54, 1.807) is 31.7 Å². The number of ether oxygens (including phenoxy) is 1. The van der Waals surface area contributed by atoms with Crippen molar-refractivity contribution in [3.05, 3.63) is 53.1 Å². The summed E-state index contributed by atoms with van der Waals surface area (Å²) < 4.78 is 5.34. The van der Waals surface area contributed by atoms with E-state index in [2.05, 4.69) is 20.6 Å². The highest BCUT2D eigenvalue weighted by Gasteiger charge is 2.52. The van der Waals surface area contributed by atoms with Crippen LogP contribution < -0.4 is 10.6 Å². The summed E-state index contributed by atoms with van der Waals surface area (Å²) in [6.07, 6.45) is 11.5. The maximum atomic E-state index is 12.7. The lowest BCUT2D eigenvalue weighted by molar-refractivity contribution is -0.117. The van der Waals surface area contributed by atoms with Crippen LogP contribution in [0.5, 0.6) is 0 Å². The highest BCUT2D eigenvalue weighted by atomic mass is 35.5. The van der Waals surface area contributed by atoms with Crippen LogP contribution in [0.3, 0.4) is 0 Å². The first kappa shape index (κ1) is 16.9. The van der Waals surface area contributed by atoms with Gasteiger partial charge in [0.05, 0.1) is 17.8 Å². The zero-order chi connectivity index (χ0) is 18.1. The lowest BCUT2D eigenvalue weighted by Gasteiger charge is -2.44. The molecule has 1 saturated heterocycles. The van der Waals surface area contributed by atoms with Gasteiger partial charge in [0.2, 0.25) is 0 Å². The van der Waals surface area contributed by atoms with Gasteiger partial charge in [-0.2, -0.15) is 0 Å². The molecule has 1 aromatic heterocycles. The number of carbonyl (C=O) groups excluding carboxylic acids is 1. The number of carbonyl (C=O) groups is 1. The van der Waals surface area contributed by atoms with Crippen LogP contribution in [-0.2, 0) is 9.53 Å². The monoisotopic (exact) mass is 373 g/mol. The number of hydrogen-bond acceptors (Lipinski definition) is 6. The Morgan fingerprint density at radius 3 is 2.88 bits per heavy atom. The summed E-state index contributed by atoms with van der Waals surface area (Å²) in [6, 6.07) is 1.77. The predicted octanol–water partition coefficient (Wildman–Crippen LogP) is 2.82. The molecule has 4 rings (SSSR count). The van der Waals surface area contributed by atoms with Gasteiger partial charge in [-0.15, -0.1) is 0 Å². The second-order valence-corrected chi connectivity index (χ2v) is 7.00. The quantitative estimate of drug-likeness (QED) is 0.793. The Kier molecular flexibility index (Phi) is 4.32. The van der Waals surface area contributed by atoms with E-state index in [1.807, 2.05) is 4.90 Å². The number of aromatic nitrogens is 2. The normalized spacial score (nSPS) is 23.0. The first-order valence-corrected chi connectivity index (χ1v) is 9.03. The van der Waals surface area contributed by atoms with Crippen molar-refractivity contribution >= 4 is 23.3 Å². The summed E-state index contributed by atoms with van der Waals surface area (Å²) in [5, 5.41) is 6.83. The average molecular weight is 374 g/mol. The Morgan fingerprint density at radius 2 is 2.19 bits per heavy atom. The van der Waals surface area contributed by atoms with Crippen molar-refractivity contribution in [2.24, 2.45) is 0 Å². The van der Waals surface area contributed by atoms with E-state index in [-0.39, 0.29) is 5.91 Å². The molecule has 8 heteroatoms. The fourth-order valence-corrected chi connectivity index (χ4v) is 4.19. The number of amides is 1. The third-order valence-electron chi connectivity index (χ3n) is 4.98. The number of nitrogens with zero attached hydrogens (tertiary/aromatic N) is 3. The van der Waals surface area contributed by atoms with Gasteiger partial charge in [0.1, 0.15) is 35.5 Å². The summed E-state index contributed by atoms with van der Waals surface area (Å²) in [7, 11) is 1.59. The smallest absolute Gasteiger partial charge is 0.271 e. The zero-order valence-corrected chi connectivity index (χ0v) is 15.2. The van der Waals surface area contributed by atoms with Crippen LogP contribution in [-0.4, -0.2) is 33.5 Å². The molecule has 7 nitrogen and oxygen atoms in total. The number of allylic oxidation sites excluding steroid dienone is 2. The number of methoxy groups -OCH3 is 1. The van der Waals surface area contributed by atoms with Crippen molar-refractivity contribution in [2.45, 2.75) is 37.8 Å². The number of rotatable bonds is 3. The fraction of sp³-hybridized carbons (Fsp3) is 0.389. The molecule has 2 aliphatic heterocycles. The molecule has 0 unspecified atom stereocenters. The summed E-state index contributed by atoms with van der Waals surface area (Å²) >= 11 is 6.50. The number of anilines is 1. The van der Waals surface area contributed by atoms with Crippen LogP contribution in [0.2, 0.25) is 0 Å². The van der Waals surface area contributed by atoms with Crippen LogP contribution in [0.15, 0.2) is 53.1 Å². The summed E-state index contributed by atoms with van der Waals surface area (Å²) in [5.41, 5.74) is 1.50. The lowest BCUT2D eigenvalue weighted by Crippen LogP contribution is -2.53. The summed E-state index contributed by atoms with van der Waals surface area (Å²) in [6.45, 7) is 0. The molecule has 3 aliphatic rings. The van der Waals surface area contributed by atoms with E-state index in [0.29, 0.717) is 16.5 Å². The van der Waals surface area contributed by atoms with Gasteiger partial charge >= 0.3 is 0 Å². The highest BCUT2D eigenvalue weighted by molar-refractivity contribution is 6.34. The molecule has 1 aromatic rings. The van der Waals surface area contributed by atoms with E-state index in [1.165, 1.54) is 12.7 Å². The number of halogens is 1. The molecule has 1 spiro atoms. The van der Waals surface area contributed by atoms with Gasteiger partial charge in [-0.3, -0.25) is 4.79 Å². The van der Waals surface area contributed by atoms with Crippen LogP contribution in [0.4, 0.5) is 5.82 Å². The van der Waals surface area contributed by atoms with Gasteiger partial charge < -0.3 is 20.3 Å². The fourth-order valence-electron chi connectivity index (χ4n) is 3.91. The highest BCUT2D eigenvalue weighted by Crippen LogP contribution is 2.46. The molecule has 2 N–H and O–H groups in total. The zero-order valence-electron chi connectivity index (χ0n) is 14.5. The summed E-state index contributed by atoms with van der Waals surface area (Å²) in [4.78, 5) is 22.8. The average Bonchev–Trinajstić information content (AvgIpc) is 2.92. The van der Waals surface area contributed by atoms with Gasteiger partial charge in [-0.25, -0.2) is 9.97 Å². The van der Waals surface area contributed by atoms with Crippen molar-refractivity contribution in [3.63, 3.8) is 0 Å². The number of hydrogen-bond donors (Lipinski definition) is 2. The van der Waals surface area contributed by atoms with Gasteiger partial charge in [0, 0.05) is 6.20 Å². The van der Waals surface area contributed by atoms with Crippen molar-refractivity contribution in [3.8, 4) is 0 Å². The van der Waals surface area contributed by atoms with E-state index < -0.39 is 5.66 Å². The third kappa shape index (κ3) is 2.72. The van der Waals surface area contributed by atoms with Crippen LogP contribution in [0.25, 0.3) is 0 Å². The Morgan fingerprint density at radius 1 is 1.38 bits per heavy atom. The molecule has 0 aromatic carbocycles. The number of nitrogens with one attached hydrogen (secondary N) is 2. The second-order valence-electron chi connectivity index (χ2n) is 6.59. The minimum absolute atomic E-state index is 0.142. The maximum Gasteiger partial charge on any atom is 0.271 e. The Balaban J connectivity index is 1.79. The summed E-state index contributed by atoms with van der Waals surface area (Å²) in [5.74, 6) is 0.494. The largest absolute Gasteiger partial charge is 0.502 e. The van der Waals surface area contributed by atoms with E-state index in [0.717, 1.165) is 37.1 Å². The van der Waals surface area contributed by atoms with Crippen LogP contribution >= 0.6 is 11.6 Å². The molecule has 0 atom stereocenters. The van der Waals surface area contributed by atoms with Gasteiger partial charge in [0.25, 0.3) is 5.91 Å². The number of fused-ring (bicyclic) bond motifs is 2.